The van der Waals surface area contributed by atoms with Crippen LogP contribution >= 0.6 is 0 Å². The SMILES string of the molecule is Nc1nc2cccc(-c3ccc(CNc4cccnn4)cc3)n2n1. The van der Waals surface area contributed by atoms with E-state index in [9.17, 15) is 0 Å². The van der Waals surface area contributed by atoms with E-state index in [1.807, 2.05) is 30.3 Å². The molecule has 24 heavy (non-hydrogen) atoms. The number of fused-ring (bicyclic) bond motifs is 1. The van der Waals surface area contributed by atoms with Crippen molar-refractivity contribution in [2.45, 2.75) is 6.54 Å². The number of nitrogens with zero attached hydrogens (tertiary/aromatic N) is 5. The van der Waals surface area contributed by atoms with E-state index in [0.717, 1.165) is 28.3 Å². The number of aromatic nitrogens is 5. The summed E-state index contributed by atoms with van der Waals surface area (Å²) < 4.78 is 1.75. The lowest BCUT2D eigenvalue weighted by Gasteiger charge is -2.07. The number of pyridine rings is 1. The van der Waals surface area contributed by atoms with Crippen LogP contribution in [0.1, 0.15) is 5.56 Å². The van der Waals surface area contributed by atoms with Crippen LogP contribution in [0.25, 0.3) is 16.9 Å². The standard InChI is InChI=1S/C17H15N7/c18-17-21-16-5-1-3-14(24(16)23-17)13-8-6-12(7-9-13)11-19-15-4-2-10-20-22-15/h1-10H,11H2,(H2,18,23)(H,19,22). The molecule has 1 aromatic carbocycles. The second kappa shape index (κ2) is 5.96. The molecule has 0 bridgehead atoms. The Morgan fingerprint density at radius 3 is 2.67 bits per heavy atom. The third-order valence-electron chi connectivity index (χ3n) is 3.67. The molecule has 0 saturated heterocycles. The van der Waals surface area contributed by atoms with Crippen molar-refractivity contribution in [1.82, 2.24) is 24.8 Å². The molecule has 0 fully saturated rings. The molecule has 3 heterocycles. The van der Waals surface area contributed by atoms with E-state index in [1.165, 1.54) is 0 Å². The third-order valence-corrected chi connectivity index (χ3v) is 3.67. The predicted molar refractivity (Wildman–Crippen MR) is 92.2 cm³/mol. The Morgan fingerprint density at radius 1 is 1.00 bits per heavy atom. The van der Waals surface area contributed by atoms with E-state index in [2.05, 4.69) is 49.9 Å². The highest BCUT2D eigenvalue weighted by Crippen LogP contribution is 2.21. The molecule has 4 rings (SSSR count). The number of nitrogens with two attached hydrogens (primary N) is 1. The lowest BCUT2D eigenvalue weighted by molar-refractivity contribution is 0.975. The van der Waals surface area contributed by atoms with Gasteiger partial charge in [0.05, 0.1) is 5.69 Å². The van der Waals surface area contributed by atoms with E-state index in [1.54, 1.807) is 10.7 Å². The molecule has 4 aromatic rings. The van der Waals surface area contributed by atoms with Crippen molar-refractivity contribution in [3.8, 4) is 11.3 Å². The first-order valence-corrected chi connectivity index (χ1v) is 7.52. The second-order valence-electron chi connectivity index (χ2n) is 5.31. The van der Waals surface area contributed by atoms with Crippen LogP contribution < -0.4 is 11.1 Å². The lowest BCUT2D eigenvalue weighted by atomic mass is 10.1. The molecule has 0 saturated carbocycles. The van der Waals surface area contributed by atoms with Gasteiger partial charge in [0.15, 0.2) is 5.65 Å². The van der Waals surface area contributed by atoms with Crippen LogP contribution in [0.15, 0.2) is 60.8 Å². The van der Waals surface area contributed by atoms with Gasteiger partial charge in [-0.05, 0) is 29.8 Å². The maximum atomic E-state index is 5.69. The molecule has 118 valence electrons. The quantitative estimate of drug-likeness (QED) is 0.600. The van der Waals surface area contributed by atoms with E-state index in [4.69, 9.17) is 5.73 Å². The topological polar surface area (TPSA) is 94.0 Å². The average molecular weight is 317 g/mol. The second-order valence-corrected chi connectivity index (χ2v) is 5.31. The minimum Gasteiger partial charge on any atom is -0.366 e. The monoisotopic (exact) mass is 317 g/mol. The Bertz CT molecular complexity index is 961. The van der Waals surface area contributed by atoms with Crippen LogP contribution in [0.2, 0.25) is 0 Å². The van der Waals surface area contributed by atoms with Gasteiger partial charge in [-0.15, -0.1) is 10.2 Å². The zero-order chi connectivity index (χ0) is 16.4. The Kier molecular flexibility index (Phi) is 3.51. The van der Waals surface area contributed by atoms with Crippen molar-refractivity contribution in [3.63, 3.8) is 0 Å². The molecule has 7 heteroatoms. The van der Waals surface area contributed by atoms with Gasteiger partial charge >= 0.3 is 0 Å². The maximum Gasteiger partial charge on any atom is 0.240 e. The van der Waals surface area contributed by atoms with Gasteiger partial charge in [-0.3, -0.25) is 0 Å². The molecular formula is C17H15N7. The fourth-order valence-electron chi connectivity index (χ4n) is 2.52. The molecule has 0 unspecified atom stereocenters. The highest BCUT2D eigenvalue weighted by Gasteiger charge is 2.07. The van der Waals surface area contributed by atoms with Gasteiger partial charge in [0.25, 0.3) is 0 Å². The van der Waals surface area contributed by atoms with Crippen molar-refractivity contribution in [2.24, 2.45) is 0 Å². The van der Waals surface area contributed by atoms with E-state index in [0.29, 0.717) is 6.54 Å². The molecule has 0 radical (unpaired) electrons. The fraction of sp³-hybridized carbons (Fsp3) is 0.0588. The van der Waals surface area contributed by atoms with Crippen molar-refractivity contribution in [3.05, 3.63) is 66.4 Å². The third kappa shape index (κ3) is 2.74. The first-order valence-electron chi connectivity index (χ1n) is 7.52. The van der Waals surface area contributed by atoms with Crippen LogP contribution in [0.3, 0.4) is 0 Å². The summed E-state index contributed by atoms with van der Waals surface area (Å²) in [6.07, 6.45) is 1.65. The molecule has 0 aliphatic heterocycles. The highest BCUT2D eigenvalue weighted by molar-refractivity contribution is 5.63. The Labute approximate surface area is 138 Å². The van der Waals surface area contributed by atoms with Gasteiger partial charge in [0.2, 0.25) is 5.95 Å². The number of hydrogen-bond acceptors (Lipinski definition) is 6. The van der Waals surface area contributed by atoms with Crippen molar-refractivity contribution in [1.29, 1.82) is 0 Å². The number of anilines is 2. The smallest absolute Gasteiger partial charge is 0.240 e. The van der Waals surface area contributed by atoms with Gasteiger partial charge in [0, 0.05) is 18.3 Å². The largest absolute Gasteiger partial charge is 0.366 e. The van der Waals surface area contributed by atoms with Crippen molar-refractivity contribution < 1.29 is 0 Å². The van der Waals surface area contributed by atoms with Gasteiger partial charge in [-0.1, -0.05) is 30.3 Å². The van der Waals surface area contributed by atoms with Gasteiger partial charge in [0.1, 0.15) is 5.82 Å². The van der Waals surface area contributed by atoms with Gasteiger partial charge in [-0.2, -0.15) is 10.1 Å². The Balaban J connectivity index is 1.57. The summed E-state index contributed by atoms with van der Waals surface area (Å²) in [6.45, 7) is 0.680. The number of benzene rings is 1. The zero-order valence-corrected chi connectivity index (χ0v) is 12.8. The van der Waals surface area contributed by atoms with Crippen LogP contribution in [-0.2, 0) is 6.54 Å². The molecular weight excluding hydrogens is 302 g/mol. The summed E-state index contributed by atoms with van der Waals surface area (Å²) in [5.41, 5.74) is 9.58. The van der Waals surface area contributed by atoms with Crippen molar-refractivity contribution >= 4 is 17.4 Å². The number of hydrogen-bond donors (Lipinski definition) is 2. The highest BCUT2D eigenvalue weighted by atomic mass is 15.3. The summed E-state index contributed by atoms with van der Waals surface area (Å²) in [5, 5.41) is 15.3. The molecule has 0 spiro atoms. The van der Waals surface area contributed by atoms with Crippen LogP contribution in [0, 0.1) is 0 Å². The normalized spacial score (nSPS) is 10.8. The lowest BCUT2D eigenvalue weighted by Crippen LogP contribution is -2.01. The van der Waals surface area contributed by atoms with Crippen LogP contribution in [0.4, 0.5) is 11.8 Å². The molecule has 0 amide bonds. The van der Waals surface area contributed by atoms with E-state index < -0.39 is 0 Å². The Morgan fingerprint density at radius 2 is 1.88 bits per heavy atom. The molecule has 3 N–H and O–H groups in total. The Hall–Kier alpha value is -3.48. The zero-order valence-electron chi connectivity index (χ0n) is 12.8. The minimum atomic E-state index is 0.271. The predicted octanol–water partition coefficient (Wildman–Crippen LogP) is 2.38. The number of rotatable bonds is 4. The summed E-state index contributed by atoms with van der Waals surface area (Å²) in [5.74, 6) is 1.02. The molecule has 0 atom stereocenters. The van der Waals surface area contributed by atoms with E-state index >= 15 is 0 Å². The van der Waals surface area contributed by atoms with E-state index in [-0.39, 0.29) is 5.95 Å². The summed E-state index contributed by atoms with van der Waals surface area (Å²) in [6, 6.07) is 17.8. The minimum absolute atomic E-state index is 0.271. The average Bonchev–Trinajstić information content (AvgIpc) is 3.01. The molecule has 0 aliphatic rings. The van der Waals surface area contributed by atoms with Crippen LogP contribution in [-0.4, -0.2) is 24.8 Å². The van der Waals surface area contributed by atoms with Crippen molar-refractivity contribution in [2.75, 3.05) is 11.1 Å². The van der Waals surface area contributed by atoms with Crippen LogP contribution in [0.5, 0.6) is 0 Å². The number of nitrogens with one attached hydrogen (secondary N) is 1. The molecule has 7 nitrogen and oxygen atoms in total. The number of nitrogen functional groups attached to an aromatic ring is 1. The fourth-order valence-corrected chi connectivity index (χ4v) is 2.52. The summed E-state index contributed by atoms with van der Waals surface area (Å²) in [7, 11) is 0. The summed E-state index contributed by atoms with van der Waals surface area (Å²) >= 11 is 0. The van der Waals surface area contributed by atoms with Gasteiger partial charge in [-0.25, -0.2) is 4.52 Å². The maximum absolute atomic E-state index is 5.69. The first kappa shape index (κ1) is 14.1. The molecule has 0 aliphatic carbocycles. The first-order chi connectivity index (χ1) is 11.8. The molecule has 3 aromatic heterocycles. The van der Waals surface area contributed by atoms with Gasteiger partial charge < -0.3 is 11.1 Å². The summed E-state index contributed by atoms with van der Waals surface area (Å²) in [4.78, 5) is 4.19.